The fraction of sp³-hybridized carbons (Fsp3) is 0.526. The maximum atomic E-state index is 12.8. The molecule has 1 aromatic rings. The average Bonchev–Trinajstić information content (AvgIpc) is 2.61. The van der Waals surface area contributed by atoms with Crippen molar-refractivity contribution in [3.8, 4) is 0 Å². The smallest absolute Gasteiger partial charge is 0.319 e. The molecule has 0 saturated carbocycles. The van der Waals surface area contributed by atoms with E-state index in [2.05, 4.69) is 10.6 Å². The number of ether oxygens (including phenoxy) is 1. The SMILES string of the molecule is COCC1(C(=O)O)CCCN(C(=O)c2ccc(NC(=O)NC(C)C)cc2)C1. The molecule has 8 nitrogen and oxygen atoms in total. The number of urea groups is 1. The van der Waals surface area contributed by atoms with Crippen LogP contribution in [0.1, 0.15) is 37.0 Å². The van der Waals surface area contributed by atoms with Crippen molar-refractivity contribution in [2.24, 2.45) is 5.41 Å². The molecule has 0 aromatic heterocycles. The topological polar surface area (TPSA) is 108 Å². The number of carboxylic acids is 1. The quantitative estimate of drug-likeness (QED) is 0.704. The number of carbonyl (C=O) groups is 3. The van der Waals surface area contributed by atoms with Crippen molar-refractivity contribution >= 4 is 23.6 Å². The number of nitrogens with one attached hydrogen (secondary N) is 2. The zero-order chi connectivity index (χ0) is 20.0. The lowest BCUT2D eigenvalue weighted by molar-refractivity contribution is -0.155. The second kappa shape index (κ2) is 8.85. The fourth-order valence-corrected chi connectivity index (χ4v) is 3.24. The summed E-state index contributed by atoms with van der Waals surface area (Å²) in [5.41, 5.74) is -0.0509. The highest BCUT2D eigenvalue weighted by Crippen LogP contribution is 2.31. The van der Waals surface area contributed by atoms with Gasteiger partial charge in [0, 0.05) is 37.5 Å². The first kappa shape index (κ1) is 20.7. The van der Waals surface area contributed by atoms with E-state index >= 15 is 0 Å². The molecule has 148 valence electrons. The summed E-state index contributed by atoms with van der Waals surface area (Å²) in [6.45, 7) is 4.42. The Morgan fingerprint density at radius 3 is 2.48 bits per heavy atom. The minimum atomic E-state index is -1.07. The first-order chi connectivity index (χ1) is 12.8. The molecule has 8 heteroatoms. The Kier molecular flexibility index (Phi) is 6.79. The minimum absolute atomic E-state index is 0.0200. The van der Waals surface area contributed by atoms with Crippen LogP contribution in [0.15, 0.2) is 24.3 Å². The maximum absolute atomic E-state index is 12.8. The van der Waals surface area contributed by atoms with Gasteiger partial charge in [-0.25, -0.2) is 4.79 Å². The molecule has 1 aromatic carbocycles. The number of anilines is 1. The molecule has 27 heavy (non-hydrogen) atoms. The van der Waals surface area contributed by atoms with Gasteiger partial charge in [0.05, 0.1) is 6.61 Å². The molecule has 1 aliphatic rings. The summed E-state index contributed by atoms with van der Waals surface area (Å²) < 4.78 is 5.09. The predicted octanol–water partition coefficient (Wildman–Crippen LogP) is 2.17. The summed E-state index contributed by atoms with van der Waals surface area (Å²) in [6.07, 6.45) is 1.09. The molecule has 3 amide bonds. The summed E-state index contributed by atoms with van der Waals surface area (Å²) in [4.78, 5) is 37.8. The summed E-state index contributed by atoms with van der Waals surface area (Å²) in [5, 5.41) is 15.0. The van der Waals surface area contributed by atoms with Crippen LogP contribution in [-0.2, 0) is 9.53 Å². The van der Waals surface area contributed by atoms with Gasteiger partial charge < -0.3 is 25.4 Å². The molecule has 3 N–H and O–H groups in total. The van der Waals surface area contributed by atoms with Gasteiger partial charge in [0.15, 0.2) is 0 Å². The molecule has 0 spiro atoms. The minimum Gasteiger partial charge on any atom is -0.481 e. The van der Waals surface area contributed by atoms with Crippen molar-refractivity contribution in [1.82, 2.24) is 10.2 Å². The lowest BCUT2D eigenvalue weighted by atomic mass is 9.80. The van der Waals surface area contributed by atoms with E-state index in [0.717, 1.165) is 0 Å². The van der Waals surface area contributed by atoms with E-state index in [-0.39, 0.29) is 31.1 Å². The molecule has 1 heterocycles. The van der Waals surface area contributed by atoms with Crippen LogP contribution in [0.3, 0.4) is 0 Å². The van der Waals surface area contributed by atoms with Crippen molar-refractivity contribution < 1.29 is 24.2 Å². The highest BCUT2D eigenvalue weighted by Gasteiger charge is 2.43. The number of amides is 3. The number of hydrogen-bond acceptors (Lipinski definition) is 4. The number of carbonyl (C=O) groups excluding carboxylic acids is 2. The van der Waals surface area contributed by atoms with E-state index in [0.29, 0.717) is 30.6 Å². The number of methoxy groups -OCH3 is 1. The van der Waals surface area contributed by atoms with Crippen LogP contribution in [0, 0.1) is 5.41 Å². The van der Waals surface area contributed by atoms with Gasteiger partial charge in [-0.2, -0.15) is 0 Å². The molecule has 1 atom stereocenters. The number of aliphatic carboxylic acids is 1. The standard InChI is InChI=1S/C19H27N3O5/c1-13(2)20-18(26)21-15-7-5-14(6-8-15)16(23)22-10-4-9-19(11-22,12-27-3)17(24)25/h5-8,13H,4,9-12H2,1-3H3,(H,24,25)(H2,20,21,26). The molecule has 0 radical (unpaired) electrons. The largest absolute Gasteiger partial charge is 0.481 e. The Balaban J connectivity index is 2.06. The number of piperidine rings is 1. The zero-order valence-electron chi connectivity index (χ0n) is 15.9. The molecule has 1 saturated heterocycles. The van der Waals surface area contributed by atoms with Crippen molar-refractivity contribution in [2.45, 2.75) is 32.7 Å². The number of rotatable bonds is 6. The molecular formula is C19H27N3O5. The monoisotopic (exact) mass is 377 g/mol. The van der Waals surface area contributed by atoms with Crippen molar-refractivity contribution in [1.29, 1.82) is 0 Å². The summed E-state index contributed by atoms with van der Waals surface area (Å²) in [5.74, 6) is -1.17. The van der Waals surface area contributed by atoms with Crippen LogP contribution in [0.4, 0.5) is 10.5 Å². The van der Waals surface area contributed by atoms with Crippen molar-refractivity contribution in [3.05, 3.63) is 29.8 Å². The van der Waals surface area contributed by atoms with Crippen LogP contribution >= 0.6 is 0 Å². The molecule has 0 bridgehead atoms. The van der Waals surface area contributed by atoms with E-state index < -0.39 is 11.4 Å². The zero-order valence-corrected chi connectivity index (χ0v) is 15.9. The van der Waals surface area contributed by atoms with Gasteiger partial charge in [0.25, 0.3) is 5.91 Å². The molecule has 1 aliphatic heterocycles. The number of nitrogens with zero attached hydrogens (tertiary/aromatic N) is 1. The van der Waals surface area contributed by atoms with Crippen LogP contribution in [0.25, 0.3) is 0 Å². The number of hydrogen-bond donors (Lipinski definition) is 3. The van der Waals surface area contributed by atoms with E-state index in [1.54, 1.807) is 29.2 Å². The van der Waals surface area contributed by atoms with Crippen LogP contribution < -0.4 is 10.6 Å². The summed E-state index contributed by atoms with van der Waals surface area (Å²) in [7, 11) is 1.46. The first-order valence-corrected chi connectivity index (χ1v) is 8.96. The Hall–Kier alpha value is -2.61. The highest BCUT2D eigenvalue weighted by molar-refractivity contribution is 5.96. The van der Waals surface area contributed by atoms with Gasteiger partial charge in [-0.05, 0) is 51.0 Å². The number of benzene rings is 1. The Morgan fingerprint density at radius 2 is 1.93 bits per heavy atom. The predicted molar refractivity (Wildman–Crippen MR) is 101 cm³/mol. The maximum Gasteiger partial charge on any atom is 0.319 e. The average molecular weight is 377 g/mol. The Labute approximate surface area is 158 Å². The second-order valence-electron chi connectivity index (χ2n) is 7.18. The normalized spacial score (nSPS) is 19.6. The van der Waals surface area contributed by atoms with Crippen molar-refractivity contribution in [3.63, 3.8) is 0 Å². The van der Waals surface area contributed by atoms with Crippen molar-refractivity contribution in [2.75, 3.05) is 32.1 Å². The van der Waals surface area contributed by atoms with E-state index in [1.165, 1.54) is 7.11 Å². The molecule has 1 unspecified atom stereocenters. The van der Waals surface area contributed by atoms with Crippen LogP contribution in [-0.4, -0.2) is 60.8 Å². The Morgan fingerprint density at radius 1 is 1.26 bits per heavy atom. The second-order valence-corrected chi connectivity index (χ2v) is 7.18. The third kappa shape index (κ3) is 5.19. The lowest BCUT2D eigenvalue weighted by Gasteiger charge is -2.39. The van der Waals surface area contributed by atoms with E-state index in [4.69, 9.17) is 4.74 Å². The van der Waals surface area contributed by atoms with E-state index in [1.807, 2.05) is 13.8 Å². The highest BCUT2D eigenvalue weighted by atomic mass is 16.5. The summed E-state index contributed by atoms with van der Waals surface area (Å²) >= 11 is 0. The van der Waals surface area contributed by atoms with Gasteiger partial charge in [-0.1, -0.05) is 0 Å². The van der Waals surface area contributed by atoms with Gasteiger partial charge in [0.1, 0.15) is 5.41 Å². The third-order valence-electron chi connectivity index (χ3n) is 4.55. The molecule has 0 aliphatic carbocycles. The first-order valence-electron chi connectivity index (χ1n) is 8.96. The number of likely N-dealkylation sites (tertiary alicyclic amines) is 1. The van der Waals surface area contributed by atoms with Gasteiger partial charge in [0.2, 0.25) is 0 Å². The van der Waals surface area contributed by atoms with Gasteiger partial charge in [-0.15, -0.1) is 0 Å². The number of carboxylic acid groups (broad SMARTS) is 1. The van der Waals surface area contributed by atoms with Gasteiger partial charge >= 0.3 is 12.0 Å². The lowest BCUT2D eigenvalue weighted by Crippen LogP contribution is -2.52. The van der Waals surface area contributed by atoms with Gasteiger partial charge in [-0.3, -0.25) is 9.59 Å². The Bertz CT molecular complexity index is 685. The molecule has 1 fully saturated rings. The third-order valence-corrected chi connectivity index (χ3v) is 4.55. The van der Waals surface area contributed by atoms with E-state index in [9.17, 15) is 19.5 Å². The van der Waals surface area contributed by atoms with Crippen LogP contribution in [0.5, 0.6) is 0 Å². The van der Waals surface area contributed by atoms with Crippen LogP contribution in [0.2, 0.25) is 0 Å². The fourth-order valence-electron chi connectivity index (χ4n) is 3.24. The summed E-state index contributed by atoms with van der Waals surface area (Å²) in [6, 6.07) is 6.26. The molecular weight excluding hydrogens is 350 g/mol. The molecule has 2 rings (SSSR count).